The molecule has 9 nitrogen and oxygen atoms in total. The van der Waals surface area contributed by atoms with Gasteiger partial charge < -0.3 is 33.3 Å². The van der Waals surface area contributed by atoms with Crippen molar-refractivity contribution in [1.82, 2.24) is 0 Å². The van der Waals surface area contributed by atoms with Gasteiger partial charge in [0.15, 0.2) is 12.4 Å². The Kier molecular flexibility index (Phi) is 42.3. The van der Waals surface area contributed by atoms with Crippen LogP contribution < -0.4 is 5.11 Å². The van der Waals surface area contributed by atoms with Crippen LogP contribution in [0.5, 0.6) is 0 Å². The molecule has 0 heterocycles. The summed E-state index contributed by atoms with van der Waals surface area (Å²) in [6.45, 7) is 4.31. The Bertz CT molecular complexity index is 1560. The van der Waals surface area contributed by atoms with E-state index in [1.54, 1.807) is 6.08 Å². The highest BCUT2D eigenvalue weighted by molar-refractivity contribution is 5.71. The summed E-state index contributed by atoms with van der Waals surface area (Å²) in [7, 11) is 5.86. The molecule has 0 aliphatic rings. The van der Waals surface area contributed by atoms with E-state index in [0.29, 0.717) is 23.9 Å². The molecule has 9 heteroatoms. The molecule has 0 aromatic rings. The van der Waals surface area contributed by atoms with Crippen LogP contribution in [0.15, 0.2) is 146 Å². The van der Waals surface area contributed by atoms with Crippen molar-refractivity contribution < 1.29 is 42.9 Å². The molecule has 0 amide bonds. The van der Waals surface area contributed by atoms with Gasteiger partial charge in [-0.05, 0) is 96.3 Å². The summed E-state index contributed by atoms with van der Waals surface area (Å²) in [6, 6.07) is 0. The molecule has 0 bridgehead atoms. The Morgan fingerprint density at radius 1 is 0.477 bits per heavy atom. The highest BCUT2D eigenvalue weighted by Gasteiger charge is 2.21. The summed E-state index contributed by atoms with van der Waals surface area (Å²) in [6.07, 6.45) is 63.4. The number of quaternary nitrogens is 1. The van der Waals surface area contributed by atoms with Crippen LogP contribution in [0.4, 0.5) is 0 Å². The number of aliphatic carboxylic acids is 1. The maximum Gasteiger partial charge on any atom is 0.309 e. The van der Waals surface area contributed by atoms with Crippen molar-refractivity contribution >= 4 is 17.9 Å². The van der Waals surface area contributed by atoms with Gasteiger partial charge in [0.05, 0.1) is 46.7 Å². The Labute approximate surface area is 394 Å². The summed E-state index contributed by atoms with van der Waals surface area (Å²) in [5.74, 6) is -2.52. The number of ether oxygens (including phenoxy) is 4. The van der Waals surface area contributed by atoms with Gasteiger partial charge in [-0.1, -0.05) is 166 Å². The van der Waals surface area contributed by atoms with Gasteiger partial charge in [0.2, 0.25) is 0 Å². The predicted molar refractivity (Wildman–Crippen MR) is 269 cm³/mol. The van der Waals surface area contributed by atoms with E-state index in [1.165, 1.54) is 0 Å². The maximum atomic E-state index is 12.8. The quantitative estimate of drug-likeness (QED) is 0.0196. The Balaban J connectivity index is 4.59. The molecule has 0 aromatic heterocycles. The second kappa shape index (κ2) is 45.7. The third-order valence-electron chi connectivity index (χ3n) is 9.11. The number of rotatable bonds is 41. The molecule has 2 unspecified atom stereocenters. The molecule has 362 valence electrons. The highest BCUT2D eigenvalue weighted by Crippen LogP contribution is 2.09. The zero-order chi connectivity index (χ0) is 47.7. The minimum absolute atomic E-state index is 0.0424. The van der Waals surface area contributed by atoms with Crippen molar-refractivity contribution in [1.29, 1.82) is 0 Å². The van der Waals surface area contributed by atoms with E-state index in [4.69, 9.17) is 18.9 Å². The largest absolute Gasteiger partial charge is 0.545 e. The summed E-state index contributed by atoms with van der Waals surface area (Å²) < 4.78 is 22.4. The first-order chi connectivity index (χ1) is 31.6. The number of esters is 2. The molecule has 0 aliphatic carbocycles. The average molecular weight is 900 g/mol. The van der Waals surface area contributed by atoms with Crippen LogP contribution in [0.3, 0.4) is 0 Å². The van der Waals surface area contributed by atoms with E-state index in [0.717, 1.165) is 89.9 Å². The number of hydrogen-bond acceptors (Lipinski definition) is 8. The third kappa shape index (κ3) is 47.0. The predicted octanol–water partition coefficient (Wildman–Crippen LogP) is 12.0. The molecular formula is C56H85NO8. The lowest BCUT2D eigenvalue weighted by molar-refractivity contribution is -0.870. The number of likely N-dealkylation sites (N-methyl/N-ethyl adjacent to an activating group) is 1. The second-order valence-electron chi connectivity index (χ2n) is 16.3. The van der Waals surface area contributed by atoms with Gasteiger partial charge in [-0.15, -0.1) is 0 Å². The van der Waals surface area contributed by atoms with E-state index in [-0.39, 0.29) is 32.7 Å². The smallest absolute Gasteiger partial charge is 0.309 e. The van der Waals surface area contributed by atoms with Crippen molar-refractivity contribution in [2.45, 2.75) is 142 Å². The standard InChI is InChI=1S/C56H85NO8/c1-6-8-10-12-14-16-18-20-22-23-24-25-26-27-28-29-30-31-33-35-37-39-41-43-45-47-54(59)65-52(51-64-56(55(60)61)62-49-48-57(3,4)5)50-63-53(58)46-44-42-40-38-36-34-32-21-19-17-15-13-11-9-7-2/h8-11,14-17,20-22,24-25,27-28,30-32,35-38,42,44,52,56H,6-7,12-13,18-19,23,26,29,33-34,39-41,43,45-51H2,1-5H3/b10-8-,11-9-,16-14-,17-15-,22-20-,25-24-,28-27-,31-30-,32-21-,37-35-,38-36-,44-42-. The minimum Gasteiger partial charge on any atom is -0.545 e. The van der Waals surface area contributed by atoms with Crippen LogP contribution in [-0.2, 0) is 33.3 Å². The first-order valence-corrected chi connectivity index (χ1v) is 24.0. The van der Waals surface area contributed by atoms with Gasteiger partial charge >= 0.3 is 11.9 Å². The number of allylic oxidation sites excluding steroid dienone is 23. The van der Waals surface area contributed by atoms with Crippen LogP contribution in [-0.4, -0.2) is 82.3 Å². The van der Waals surface area contributed by atoms with Crippen molar-refractivity contribution in [3.05, 3.63) is 146 Å². The molecule has 0 spiro atoms. The molecule has 2 atom stereocenters. The fraction of sp³-hybridized carbons (Fsp3) is 0.518. The van der Waals surface area contributed by atoms with Crippen molar-refractivity contribution in [2.75, 3.05) is 47.5 Å². The second-order valence-corrected chi connectivity index (χ2v) is 16.3. The van der Waals surface area contributed by atoms with Crippen molar-refractivity contribution in [3.8, 4) is 0 Å². The maximum absolute atomic E-state index is 12.8. The number of carboxylic acid groups (broad SMARTS) is 1. The highest BCUT2D eigenvalue weighted by atomic mass is 16.7. The van der Waals surface area contributed by atoms with Crippen LogP contribution in [0.2, 0.25) is 0 Å². The molecular weight excluding hydrogens is 815 g/mol. The normalized spacial score (nSPS) is 14.2. The monoisotopic (exact) mass is 900 g/mol. The fourth-order valence-corrected chi connectivity index (χ4v) is 5.47. The third-order valence-corrected chi connectivity index (χ3v) is 9.11. The Morgan fingerprint density at radius 2 is 0.877 bits per heavy atom. The lowest BCUT2D eigenvalue weighted by Crippen LogP contribution is -2.44. The number of carbonyl (C=O) groups excluding carboxylic acids is 3. The lowest BCUT2D eigenvalue weighted by Gasteiger charge is -2.26. The summed E-state index contributed by atoms with van der Waals surface area (Å²) in [5, 5.41) is 11.7. The fourth-order valence-electron chi connectivity index (χ4n) is 5.47. The van der Waals surface area contributed by atoms with Gasteiger partial charge in [0.25, 0.3) is 0 Å². The number of unbranched alkanes of at least 4 members (excludes halogenated alkanes) is 3. The number of carbonyl (C=O) groups is 3. The van der Waals surface area contributed by atoms with Crippen molar-refractivity contribution in [3.63, 3.8) is 0 Å². The van der Waals surface area contributed by atoms with E-state index in [1.807, 2.05) is 33.3 Å². The van der Waals surface area contributed by atoms with E-state index in [2.05, 4.69) is 141 Å². The first-order valence-electron chi connectivity index (χ1n) is 24.0. The van der Waals surface area contributed by atoms with Crippen LogP contribution >= 0.6 is 0 Å². The Hall–Kier alpha value is -4.83. The summed E-state index contributed by atoms with van der Waals surface area (Å²) in [5.41, 5.74) is 0. The van der Waals surface area contributed by atoms with Crippen LogP contribution in [0.1, 0.15) is 129 Å². The molecule has 0 saturated carbocycles. The molecule has 0 rings (SSSR count). The molecule has 0 fully saturated rings. The van der Waals surface area contributed by atoms with Gasteiger partial charge in [0, 0.05) is 6.42 Å². The molecule has 0 aliphatic heterocycles. The molecule has 0 aromatic carbocycles. The number of nitrogens with zero attached hydrogens (tertiary/aromatic N) is 1. The van der Waals surface area contributed by atoms with Gasteiger partial charge in [-0.2, -0.15) is 0 Å². The summed E-state index contributed by atoms with van der Waals surface area (Å²) >= 11 is 0. The van der Waals surface area contributed by atoms with Gasteiger partial charge in [-0.25, -0.2) is 0 Å². The Morgan fingerprint density at radius 3 is 1.28 bits per heavy atom. The molecule has 0 saturated heterocycles. The van der Waals surface area contributed by atoms with Crippen LogP contribution in [0.25, 0.3) is 0 Å². The summed E-state index contributed by atoms with van der Waals surface area (Å²) in [4.78, 5) is 37.0. The van der Waals surface area contributed by atoms with Crippen LogP contribution in [0, 0.1) is 0 Å². The molecule has 65 heavy (non-hydrogen) atoms. The van der Waals surface area contributed by atoms with E-state index < -0.39 is 30.3 Å². The topological polar surface area (TPSA) is 111 Å². The van der Waals surface area contributed by atoms with E-state index in [9.17, 15) is 19.5 Å². The minimum atomic E-state index is -1.66. The van der Waals surface area contributed by atoms with Gasteiger partial charge in [-0.3, -0.25) is 9.59 Å². The SMILES string of the molecule is CC/C=C\C/C=C\C/C=C\C/C=C\C/C=C\C/C=C\C/C=C\CCCCCC(=O)OC(COC(=O)C/C=C\C/C=C\C/C=C\C/C=C\C/C=C\CC)COC(OCC[N+](C)(C)C)C(=O)[O-]. The first kappa shape index (κ1) is 60.2. The number of hydrogen-bond donors (Lipinski definition) is 0. The van der Waals surface area contributed by atoms with Gasteiger partial charge in [0.1, 0.15) is 13.2 Å². The zero-order valence-electron chi connectivity index (χ0n) is 40.8. The zero-order valence-corrected chi connectivity index (χ0v) is 40.8. The average Bonchev–Trinajstić information content (AvgIpc) is 3.27. The molecule has 0 N–H and O–H groups in total. The lowest BCUT2D eigenvalue weighted by atomic mass is 10.1. The number of carboxylic acids is 1. The van der Waals surface area contributed by atoms with E-state index >= 15 is 0 Å². The molecule has 0 radical (unpaired) electrons. The van der Waals surface area contributed by atoms with Crippen molar-refractivity contribution in [2.24, 2.45) is 0 Å².